The second kappa shape index (κ2) is 7.73. The standard InChI is InChI=1S/C24H31ClFN5O/c1-7-16-21-14(5)32-24-18-17(19(26)22(25)29-24)13(4)20(15-9-8-11(2)27-15)28-23(18)31(21)10-12(3)30(16)6/h12,14-16,21,27H,2,7-10H2,1,3-6H3/t12?,14?,15?,16-,21+/m0/s1. The molecule has 5 atom stereocenters. The Hall–Kier alpha value is -2.12. The molecule has 1 N–H and O–H groups in total. The van der Waals surface area contributed by atoms with Gasteiger partial charge in [-0.3, -0.25) is 4.90 Å². The molecular weight excluding hydrogens is 429 g/mol. The Bertz CT molecular complexity index is 1110. The highest BCUT2D eigenvalue weighted by Gasteiger charge is 2.45. The number of aryl methyl sites for hydroxylation is 1. The molecule has 5 heterocycles. The number of hydrogen-bond donors (Lipinski definition) is 1. The lowest BCUT2D eigenvalue weighted by Crippen LogP contribution is -2.65. The van der Waals surface area contributed by atoms with Gasteiger partial charge in [0, 0.05) is 29.7 Å². The number of halogens is 2. The summed E-state index contributed by atoms with van der Waals surface area (Å²) in [6, 6.07) is 0.662. The fraction of sp³-hybridized carbons (Fsp3) is 0.583. The third-order valence-electron chi connectivity index (χ3n) is 7.62. The summed E-state index contributed by atoms with van der Waals surface area (Å²) in [5.41, 5.74) is 2.62. The maximum Gasteiger partial charge on any atom is 0.227 e. The number of nitrogens with zero attached hydrogens (tertiary/aromatic N) is 4. The Morgan fingerprint density at radius 3 is 2.69 bits per heavy atom. The second-order valence-corrected chi connectivity index (χ2v) is 9.87. The summed E-state index contributed by atoms with van der Waals surface area (Å²) < 4.78 is 21.9. The maximum absolute atomic E-state index is 15.5. The monoisotopic (exact) mass is 459 g/mol. The molecule has 8 heteroatoms. The van der Waals surface area contributed by atoms with Gasteiger partial charge >= 0.3 is 0 Å². The van der Waals surface area contributed by atoms with Crippen molar-refractivity contribution in [2.45, 2.75) is 77.2 Å². The van der Waals surface area contributed by atoms with Crippen LogP contribution in [-0.2, 0) is 0 Å². The molecule has 2 aromatic rings. The number of ether oxygens (including phenoxy) is 1. The highest BCUT2D eigenvalue weighted by Crippen LogP contribution is 2.45. The first-order valence-corrected chi connectivity index (χ1v) is 11.9. The summed E-state index contributed by atoms with van der Waals surface area (Å²) in [5, 5.41) is 4.37. The number of rotatable bonds is 2. The summed E-state index contributed by atoms with van der Waals surface area (Å²) >= 11 is 6.27. The third-order valence-corrected chi connectivity index (χ3v) is 7.87. The minimum Gasteiger partial charge on any atom is -0.472 e. The first-order chi connectivity index (χ1) is 15.2. The number of allylic oxidation sites excluding steroid dienone is 1. The molecule has 3 aliphatic rings. The minimum atomic E-state index is -0.506. The normalized spacial score (nSPS) is 30.2. The molecule has 0 spiro atoms. The van der Waals surface area contributed by atoms with Crippen molar-refractivity contribution in [1.82, 2.24) is 20.2 Å². The molecule has 0 amide bonds. The second-order valence-electron chi connectivity index (χ2n) is 9.51. The lowest BCUT2D eigenvalue weighted by Gasteiger charge is -2.51. The van der Waals surface area contributed by atoms with E-state index in [1.54, 1.807) is 0 Å². The van der Waals surface area contributed by atoms with Crippen molar-refractivity contribution in [3.05, 3.63) is 34.5 Å². The van der Waals surface area contributed by atoms with Gasteiger partial charge in [0.05, 0.1) is 23.2 Å². The van der Waals surface area contributed by atoms with Crippen molar-refractivity contribution < 1.29 is 9.13 Å². The van der Waals surface area contributed by atoms with Crippen molar-refractivity contribution in [3.8, 4) is 5.88 Å². The number of hydrogen-bond acceptors (Lipinski definition) is 6. The Kier molecular flexibility index (Phi) is 5.25. The quantitative estimate of drug-likeness (QED) is 0.655. The topological polar surface area (TPSA) is 53.5 Å². The highest BCUT2D eigenvalue weighted by atomic mass is 35.5. The summed E-state index contributed by atoms with van der Waals surface area (Å²) in [6.07, 6.45) is 2.59. The number of piperazine rings is 1. The summed E-state index contributed by atoms with van der Waals surface area (Å²) in [4.78, 5) is 14.3. The van der Waals surface area contributed by atoms with Crippen LogP contribution in [0.2, 0.25) is 5.15 Å². The average molecular weight is 460 g/mol. The van der Waals surface area contributed by atoms with Crippen LogP contribution in [0.5, 0.6) is 5.88 Å². The van der Waals surface area contributed by atoms with Crippen LogP contribution < -0.4 is 15.0 Å². The predicted octanol–water partition coefficient (Wildman–Crippen LogP) is 4.74. The Morgan fingerprint density at radius 1 is 1.28 bits per heavy atom. The first kappa shape index (κ1) is 21.7. The van der Waals surface area contributed by atoms with Gasteiger partial charge in [-0.1, -0.05) is 25.1 Å². The van der Waals surface area contributed by atoms with Crippen LogP contribution in [0.3, 0.4) is 0 Å². The molecule has 172 valence electrons. The van der Waals surface area contributed by atoms with Gasteiger partial charge < -0.3 is 15.0 Å². The van der Waals surface area contributed by atoms with E-state index in [0.717, 1.165) is 48.6 Å². The van der Waals surface area contributed by atoms with Gasteiger partial charge in [0.25, 0.3) is 0 Å². The zero-order chi connectivity index (χ0) is 22.9. The molecule has 3 unspecified atom stereocenters. The fourth-order valence-corrected chi connectivity index (χ4v) is 6.05. The molecule has 3 aliphatic heterocycles. The molecule has 0 aromatic carbocycles. The van der Waals surface area contributed by atoms with E-state index in [0.29, 0.717) is 22.7 Å². The molecular formula is C24H31ClFN5O. The molecule has 2 saturated heterocycles. The number of fused-ring (bicyclic) bond motifs is 2. The van der Waals surface area contributed by atoms with Crippen molar-refractivity contribution in [2.24, 2.45) is 0 Å². The van der Waals surface area contributed by atoms with E-state index in [1.807, 2.05) is 6.92 Å². The predicted molar refractivity (Wildman–Crippen MR) is 126 cm³/mol. The largest absolute Gasteiger partial charge is 0.472 e. The van der Waals surface area contributed by atoms with Crippen molar-refractivity contribution >= 4 is 28.2 Å². The molecule has 2 fully saturated rings. The van der Waals surface area contributed by atoms with E-state index < -0.39 is 5.82 Å². The Labute approximate surface area is 193 Å². The minimum absolute atomic E-state index is 0.00449. The van der Waals surface area contributed by atoms with Crippen LogP contribution in [0.15, 0.2) is 12.3 Å². The lowest BCUT2D eigenvalue weighted by molar-refractivity contribution is 0.0619. The van der Waals surface area contributed by atoms with Gasteiger partial charge in [-0.05, 0) is 52.6 Å². The van der Waals surface area contributed by atoms with Gasteiger partial charge in [-0.15, -0.1) is 0 Å². The van der Waals surface area contributed by atoms with Crippen molar-refractivity contribution in [1.29, 1.82) is 0 Å². The molecule has 0 aliphatic carbocycles. The molecule has 32 heavy (non-hydrogen) atoms. The number of nitrogens with one attached hydrogen (secondary N) is 1. The van der Waals surface area contributed by atoms with Crippen molar-refractivity contribution in [2.75, 3.05) is 18.5 Å². The first-order valence-electron chi connectivity index (χ1n) is 11.5. The average Bonchev–Trinajstić information content (AvgIpc) is 3.14. The van der Waals surface area contributed by atoms with Gasteiger partial charge in [-0.25, -0.2) is 9.37 Å². The number of pyridine rings is 2. The van der Waals surface area contributed by atoms with E-state index in [9.17, 15) is 0 Å². The zero-order valence-electron chi connectivity index (χ0n) is 19.4. The van der Waals surface area contributed by atoms with Crippen LogP contribution in [0.1, 0.15) is 57.3 Å². The van der Waals surface area contributed by atoms with Gasteiger partial charge in [0.2, 0.25) is 5.88 Å². The third kappa shape index (κ3) is 3.08. The van der Waals surface area contributed by atoms with Crippen LogP contribution >= 0.6 is 11.6 Å². The van der Waals surface area contributed by atoms with E-state index in [4.69, 9.17) is 21.3 Å². The van der Waals surface area contributed by atoms with Crippen LogP contribution in [-0.4, -0.2) is 52.7 Å². The SMILES string of the molecule is C=C1CCC(c2nc3c4c(nc(Cl)c(F)c4c2C)OC(C)[C@@H]2[C@H](CC)N(C)C(C)CN32)N1. The molecule has 6 nitrogen and oxygen atoms in total. The smallest absolute Gasteiger partial charge is 0.227 e. The van der Waals surface area contributed by atoms with Crippen LogP contribution in [0.25, 0.3) is 10.8 Å². The Balaban J connectivity index is 1.81. The summed E-state index contributed by atoms with van der Waals surface area (Å²) in [5.74, 6) is 0.624. The van der Waals surface area contributed by atoms with Gasteiger partial charge in [-0.2, -0.15) is 4.98 Å². The zero-order valence-corrected chi connectivity index (χ0v) is 20.1. The maximum atomic E-state index is 15.5. The highest BCUT2D eigenvalue weighted by molar-refractivity contribution is 6.30. The van der Waals surface area contributed by atoms with Crippen LogP contribution in [0.4, 0.5) is 10.2 Å². The van der Waals surface area contributed by atoms with Crippen LogP contribution in [0, 0.1) is 12.7 Å². The van der Waals surface area contributed by atoms with Gasteiger partial charge in [0.15, 0.2) is 11.0 Å². The van der Waals surface area contributed by atoms with E-state index in [1.165, 1.54) is 0 Å². The lowest BCUT2D eigenvalue weighted by atomic mass is 9.92. The fourth-order valence-electron chi connectivity index (χ4n) is 5.88. The number of likely N-dealkylation sites (N-methyl/N-ethyl adjacent to an activating group) is 1. The molecule has 2 aromatic heterocycles. The van der Waals surface area contributed by atoms with E-state index in [-0.39, 0.29) is 29.4 Å². The van der Waals surface area contributed by atoms with E-state index >= 15 is 4.39 Å². The Morgan fingerprint density at radius 2 is 2.03 bits per heavy atom. The summed E-state index contributed by atoms with van der Waals surface area (Å²) in [6.45, 7) is 13.3. The molecule has 0 radical (unpaired) electrons. The summed E-state index contributed by atoms with van der Waals surface area (Å²) in [7, 11) is 2.17. The molecule has 0 saturated carbocycles. The molecule has 0 bridgehead atoms. The molecule has 5 rings (SSSR count). The van der Waals surface area contributed by atoms with Gasteiger partial charge in [0.1, 0.15) is 11.9 Å². The number of anilines is 1. The van der Waals surface area contributed by atoms with Crippen molar-refractivity contribution in [3.63, 3.8) is 0 Å². The van der Waals surface area contributed by atoms with E-state index in [2.05, 4.69) is 54.5 Å². The number of aromatic nitrogens is 2.